The Bertz CT molecular complexity index is 550. The number of hydrogen-bond acceptors (Lipinski definition) is 3. The van der Waals surface area contributed by atoms with Crippen molar-refractivity contribution in [3.05, 3.63) is 29.6 Å². The van der Waals surface area contributed by atoms with E-state index in [-0.39, 0.29) is 6.54 Å². The van der Waals surface area contributed by atoms with E-state index in [9.17, 15) is 4.79 Å². The predicted octanol–water partition coefficient (Wildman–Crippen LogP) is 2.65. The fourth-order valence-corrected chi connectivity index (χ4v) is 3.73. The molecule has 0 amide bonds. The molecular weight excluding hydrogens is 278 g/mol. The van der Waals surface area contributed by atoms with Gasteiger partial charge in [0.15, 0.2) is 0 Å². The Labute approximate surface area is 131 Å². The summed E-state index contributed by atoms with van der Waals surface area (Å²) in [6.45, 7) is 3.22. The number of hydrogen-bond donors (Lipinski definition) is 1. The van der Waals surface area contributed by atoms with Crippen molar-refractivity contribution in [1.29, 1.82) is 0 Å². The van der Waals surface area contributed by atoms with Gasteiger partial charge >= 0.3 is 5.97 Å². The zero-order valence-corrected chi connectivity index (χ0v) is 13.1. The summed E-state index contributed by atoms with van der Waals surface area (Å²) in [6, 6.07) is 1.98. The molecule has 0 radical (unpaired) electrons. The first-order chi connectivity index (χ1) is 10.7. The zero-order chi connectivity index (χ0) is 15.4. The van der Waals surface area contributed by atoms with Crippen molar-refractivity contribution in [2.75, 3.05) is 19.6 Å². The van der Waals surface area contributed by atoms with Crippen molar-refractivity contribution in [3.63, 3.8) is 0 Å². The molecule has 0 spiro atoms. The average Bonchev–Trinajstić information content (AvgIpc) is 2.96. The number of rotatable bonds is 5. The Morgan fingerprint density at radius 3 is 3.05 bits per heavy atom. The van der Waals surface area contributed by atoms with E-state index in [2.05, 4.69) is 16.1 Å². The number of carbonyl (C=O) groups is 1. The smallest absolute Gasteiger partial charge is 0.325 e. The quantitative estimate of drug-likeness (QED) is 0.850. The van der Waals surface area contributed by atoms with E-state index >= 15 is 0 Å². The number of aromatic nitrogens is 2. The molecule has 1 aromatic heterocycles. The molecule has 1 aromatic rings. The molecule has 1 aliphatic carbocycles. The molecule has 1 atom stereocenters. The Morgan fingerprint density at radius 1 is 1.36 bits per heavy atom. The fourth-order valence-electron chi connectivity index (χ4n) is 3.73. The van der Waals surface area contributed by atoms with E-state index in [0.29, 0.717) is 5.92 Å². The Morgan fingerprint density at radius 2 is 2.27 bits per heavy atom. The molecule has 22 heavy (non-hydrogen) atoms. The summed E-state index contributed by atoms with van der Waals surface area (Å²) in [6.07, 6.45) is 11.6. The second kappa shape index (κ2) is 7.09. The maximum absolute atomic E-state index is 10.9. The molecule has 1 aliphatic heterocycles. The van der Waals surface area contributed by atoms with Crippen LogP contribution in [0.3, 0.4) is 0 Å². The third-order valence-corrected chi connectivity index (χ3v) is 4.77. The minimum absolute atomic E-state index is 0.0377. The molecule has 5 heteroatoms. The fraction of sp³-hybridized carbons (Fsp3) is 0.647. The minimum Gasteiger partial charge on any atom is -0.480 e. The number of allylic oxidation sites excluding steroid dienone is 1. The van der Waals surface area contributed by atoms with Crippen molar-refractivity contribution in [3.8, 4) is 0 Å². The van der Waals surface area contributed by atoms with Crippen LogP contribution in [0.1, 0.15) is 50.1 Å². The molecule has 0 bridgehead atoms. The first kappa shape index (κ1) is 15.3. The van der Waals surface area contributed by atoms with Gasteiger partial charge in [-0.25, -0.2) is 0 Å². The summed E-state index contributed by atoms with van der Waals surface area (Å²) in [5.41, 5.74) is 2.66. The largest absolute Gasteiger partial charge is 0.480 e. The van der Waals surface area contributed by atoms with Crippen molar-refractivity contribution in [2.24, 2.45) is 0 Å². The van der Waals surface area contributed by atoms with Crippen LogP contribution in [0.2, 0.25) is 0 Å². The number of carboxylic acid groups (broad SMARTS) is 1. The molecule has 120 valence electrons. The molecule has 1 saturated heterocycles. The third kappa shape index (κ3) is 3.77. The van der Waals surface area contributed by atoms with Gasteiger partial charge in [-0.05, 0) is 51.1 Å². The lowest BCUT2D eigenvalue weighted by Gasteiger charge is -2.34. The van der Waals surface area contributed by atoms with E-state index in [0.717, 1.165) is 31.7 Å². The number of nitrogens with zero attached hydrogens (tertiary/aromatic N) is 3. The highest BCUT2D eigenvalue weighted by atomic mass is 16.4. The lowest BCUT2D eigenvalue weighted by molar-refractivity contribution is -0.137. The van der Waals surface area contributed by atoms with Crippen LogP contribution in [0.25, 0.3) is 0 Å². The van der Waals surface area contributed by atoms with Crippen LogP contribution in [-0.2, 0) is 11.3 Å². The highest BCUT2D eigenvalue weighted by Gasteiger charge is 2.25. The summed E-state index contributed by atoms with van der Waals surface area (Å²) < 4.78 is 1.65. The standard InChI is InChI=1S/C17H25N3O2/c21-17(22)13-20-16(8-9-18-20)15-7-4-10-19(12-15)11-14-5-2-1-3-6-14/h5,8-9,15H,1-4,6-7,10-13H2,(H,21,22). The van der Waals surface area contributed by atoms with Crippen LogP contribution in [0.15, 0.2) is 23.9 Å². The molecule has 1 unspecified atom stereocenters. The van der Waals surface area contributed by atoms with Crippen LogP contribution in [-0.4, -0.2) is 45.4 Å². The van der Waals surface area contributed by atoms with E-state index in [1.807, 2.05) is 6.07 Å². The number of aliphatic carboxylic acids is 1. The van der Waals surface area contributed by atoms with Gasteiger partial charge in [-0.15, -0.1) is 0 Å². The highest BCUT2D eigenvalue weighted by molar-refractivity contribution is 5.66. The van der Waals surface area contributed by atoms with Gasteiger partial charge in [-0.2, -0.15) is 5.10 Å². The maximum atomic E-state index is 10.9. The van der Waals surface area contributed by atoms with Crippen LogP contribution >= 0.6 is 0 Å². The molecule has 2 heterocycles. The van der Waals surface area contributed by atoms with Crippen molar-refractivity contribution >= 4 is 5.97 Å². The summed E-state index contributed by atoms with van der Waals surface area (Å²) in [5.74, 6) is -0.426. The van der Waals surface area contributed by atoms with Gasteiger partial charge in [0.25, 0.3) is 0 Å². The van der Waals surface area contributed by atoms with Gasteiger partial charge in [0, 0.05) is 30.9 Å². The molecule has 0 aromatic carbocycles. The van der Waals surface area contributed by atoms with E-state index < -0.39 is 5.97 Å². The van der Waals surface area contributed by atoms with E-state index in [4.69, 9.17) is 5.11 Å². The normalized spacial score (nSPS) is 23.3. The Hall–Kier alpha value is -1.62. The molecule has 5 nitrogen and oxygen atoms in total. The molecule has 3 rings (SSSR count). The molecule has 1 fully saturated rings. The summed E-state index contributed by atoms with van der Waals surface area (Å²) in [7, 11) is 0. The van der Waals surface area contributed by atoms with Crippen LogP contribution < -0.4 is 0 Å². The van der Waals surface area contributed by atoms with Gasteiger partial charge in [-0.1, -0.05) is 11.6 Å². The van der Waals surface area contributed by atoms with Gasteiger partial charge in [0.2, 0.25) is 0 Å². The average molecular weight is 303 g/mol. The monoisotopic (exact) mass is 303 g/mol. The minimum atomic E-state index is -0.829. The zero-order valence-electron chi connectivity index (χ0n) is 13.1. The van der Waals surface area contributed by atoms with Crippen LogP contribution in [0.4, 0.5) is 0 Å². The molecule has 1 N–H and O–H groups in total. The molecule has 0 saturated carbocycles. The molecular formula is C17H25N3O2. The van der Waals surface area contributed by atoms with E-state index in [1.54, 1.807) is 16.5 Å². The maximum Gasteiger partial charge on any atom is 0.325 e. The van der Waals surface area contributed by atoms with E-state index in [1.165, 1.54) is 32.1 Å². The first-order valence-electron chi connectivity index (χ1n) is 8.36. The summed E-state index contributed by atoms with van der Waals surface area (Å²) in [4.78, 5) is 13.5. The van der Waals surface area contributed by atoms with Gasteiger partial charge < -0.3 is 5.11 Å². The third-order valence-electron chi connectivity index (χ3n) is 4.77. The number of carboxylic acids is 1. The summed E-state index contributed by atoms with van der Waals surface area (Å²) >= 11 is 0. The van der Waals surface area contributed by atoms with Gasteiger partial charge in [0.05, 0.1) is 0 Å². The lowest BCUT2D eigenvalue weighted by atomic mass is 9.93. The Balaban J connectivity index is 1.64. The van der Waals surface area contributed by atoms with Crippen molar-refractivity contribution in [1.82, 2.24) is 14.7 Å². The van der Waals surface area contributed by atoms with Crippen molar-refractivity contribution < 1.29 is 9.90 Å². The van der Waals surface area contributed by atoms with Gasteiger partial charge in [-0.3, -0.25) is 14.4 Å². The molecule has 2 aliphatic rings. The highest BCUT2D eigenvalue weighted by Crippen LogP contribution is 2.28. The lowest BCUT2D eigenvalue weighted by Crippen LogP contribution is -2.36. The second-order valence-corrected chi connectivity index (χ2v) is 6.49. The topological polar surface area (TPSA) is 58.4 Å². The second-order valence-electron chi connectivity index (χ2n) is 6.49. The van der Waals surface area contributed by atoms with Gasteiger partial charge in [0.1, 0.15) is 6.54 Å². The number of likely N-dealkylation sites (tertiary alicyclic amines) is 1. The number of piperidine rings is 1. The first-order valence-corrected chi connectivity index (χ1v) is 8.36. The SMILES string of the molecule is O=C(O)Cn1nccc1C1CCCN(CC2=CCCCC2)C1. The van der Waals surface area contributed by atoms with Crippen LogP contribution in [0.5, 0.6) is 0 Å². The summed E-state index contributed by atoms with van der Waals surface area (Å²) in [5, 5.41) is 13.2. The predicted molar refractivity (Wildman–Crippen MR) is 84.8 cm³/mol. The van der Waals surface area contributed by atoms with Crippen molar-refractivity contribution in [2.45, 2.75) is 51.0 Å². The Kier molecular flexibility index (Phi) is 4.93. The van der Waals surface area contributed by atoms with Crippen LogP contribution in [0, 0.1) is 0 Å².